The second kappa shape index (κ2) is 8.50. The number of hydrogen-bond acceptors (Lipinski definition) is 5. The molecule has 1 fully saturated rings. The van der Waals surface area contributed by atoms with Crippen molar-refractivity contribution in [2.24, 2.45) is 11.8 Å². The maximum atomic E-state index is 13.3. The van der Waals surface area contributed by atoms with E-state index >= 15 is 0 Å². The monoisotopic (exact) mass is 408 g/mol. The Bertz CT molecular complexity index is 806. The summed E-state index contributed by atoms with van der Waals surface area (Å²) in [6.07, 6.45) is 0. The molecule has 2 aliphatic rings. The average molecular weight is 409 g/mol. The van der Waals surface area contributed by atoms with Crippen molar-refractivity contribution in [3.8, 4) is 11.5 Å². The summed E-state index contributed by atoms with van der Waals surface area (Å²) < 4.78 is 11.3. The first-order chi connectivity index (χ1) is 12.6. The van der Waals surface area contributed by atoms with Crippen molar-refractivity contribution in [3.05, 3.63) is 40.1 Å². The van der Waals surface area contributed by atoms with Crippen molar-refractivity contribution in [3.63, 3.8) is 0 Å². The van der Waals surface area contributed by atoms with E-state index < -0.39 is 0 Å². The third-order valence-electron chi connectivity index (χ3n) is 5.12. The van der Waals surface area contributed by atoms with E-state index in [1.165, 1.54) is 9.75 Å². The minimum absolute atomic E-state index is 0. The molecular formula is C20H25ClN2O3S. The van der Waals surface area contributed by atoms with Gasteiger partial charge in [0, 0.05) is 27.4 Å². The Hall–Kier alpha value is -1.76. The number of nitrogens with zero attached hydrogens (tertiary/aromatic N) is 1. The van der Waals surface area contributed by atoms with Crippen LogP contribution in [0.2, 0.25) is 0 Å². The highest BCUT2D eigenvalue weighted by Gasteiger charge is 2.32. The summed E-state index contributed by atoms with van der Waals surface area (Å²) in [5, 5.41) is 3.26. The number of carbonyl (C=O) groups excluding carboxylic acids is 1. The Balaban J connectivity index is 0.00000210. The fraction of sp³-hybridized carbons (Fsp3) is 0.450. The van der Waals surface area contributed by atoms with E-state index in [0.717, 1.165) is 24.5 Å². The molecule has 7 heteroatoms. The molecule has 0 bridgehead atoms. The maximum Gasteiger partial charge on any atom is 0.230 e. The number of aryl methyl sites for hydroxylation is 1. The molecule has 2 aliphatic heterocycles. The molecule has 5 nitrogen and oxygen atoms in total. The molecule has 1 aromatic carbocycles. The highest BCUT2D eigenvalue weighted by Crippen LogP contribution is 2.36. The Morgan fingerprint density at radius 1 is 1.22 bits per heavy atom. The Kier molecular flexibility index (Phi) is 6.29. The van der Waals surface area contributed by atoms with Gasteiger partial charge < -0.3 is 19.7 Å². The third kappa shape index (κ3) is 4.23. The van der Waals surface area contributed by atoms with Crippen LogP contribution < -0.4 is 19.7 Å². The van der Waals surface area contributed by atoms with Crippen molar-refractivity contribution < 1.29 is 14.3 Å². The van der Waals surface area contributed by atoms with Crippen LogP contribution in [0.15, 0.2) is 30.3 Å². The molecule has 2 aromatic rings. The van der Waals surface area contributed by atoms with E-state index in [1.54, 1.807) is 11.3 Å². The second-order valence-electron chi connectivity index (χ2n) is 6.97. The highest BCUT2D eigenvalue weighted by atomic mass is 35.5. The summed E-state index contributed by atoms with van der Waals surface area (Å²) in [7, 11) is 0. The Labute approximate surface area is 170 Å². The minimum atomic E-state index is -0.00879. The summed E-state index contributed by atoms with van der Waals surface area (Å²) in [5.74, 6) is 2.03. The number of thiophene rings is 1. The number of hydrogen-bond donors (Lipinski definition) is 1. The molecule has 0 spiro atoms. The predicted molar refractivity (Wildman–Crippen MR) is 110 cm³/mol. The summed E-state index contributed by atoms with van der Waals surface area (Å²) >= 11 is 1.73. The quantitative estimate of drug-likeness (QED) is 0.820. The molecule has 4 rings (SSSR count). The zero-order chi connectivity index (χ0) is 18.1. The molecular weight excluding hydrogens is 384 g/mol. The number of rotatable bonds is 5. The van der Waals surface area contributed by atoms with E-state index in [9.17, 15) is 4.79 Å². The summed E-state index contributed by atoms with van der Waals surface area (Å²) in [6, 6.07) is 10.00. The zero-order valence-electron chi connectivity index (χ0n) is 15.6. The van der Waals surface area contributed by atoms with E-state index in [0.29, 0.717) is 31.4 Å². The van der Waals surface area contributed by atoms with E-state index in [1.807, 2.05) is 30.0 Å². The van der Waals surface area contributed by atoms with Gasteiger partial charge in [0.15, 0.2) is 11.5 Å². The van der Waals surface area contributed by atoms with Gasteiger partial charge in [0.05, 0.1) is 6.54 Å². The number of fused-ring (bicyclic) bond motifs is 1. The van der Waals surface area contributed by atoms with Crippen LogP contribution in [0.4, 0.5) is 5.69 Å². The number of ether oxygens (including phenoxy) is 2. The molecule has 0 saturated carbocycles. The standard InChI is InChI=1S/C20H24N2O3S.ClH/c1-13-3-5-17(26-13)12-22(20(23)14(2)15-10-21-11-15)16-4-6-18-19(9-16)25-8-7-24-18;/h3-6,9,14-15,21H,7-8,10-12H2,1-2H3;1H. The lowest BCUT2D eigenvalue weighted by atomic mass is 9.87. The number of carbonyl (C=O) groups is 1. The van der Waals surface area contributed by atoms with Gasteiger partial charge in [-0.3, -0.25) is 4.79 Å². The smallest absolute Gasteiger partial charge is 0.230 e. The van der Waals surface area contributed by atoms with Crippen LogP contribution in [0.3, 0.4) is 0 Å². The fourth-order valence-corrected chi connectivity index (χ4v) is 4.21. The largest absolute Gasteiger partial charge is 0.486 e. The second-order valence-corrected chi connectivity index (χ2v) is 8.34. The van der Waals surface area contributed by atoms with Gasteiger partial charge in [-0.2, -0.15) is 0 Å². The summed E-state index contributed by atoms with van der Waals surface area (Å²) in [5.41, 5.74) is 0.865. The fourth-order valence-electron chi connectivity index (χ4n) is 3.33. The van der Waals surface area contributed by atoms with Gasteiger partial charge in [-0.15, -0.1) is 23.7 Å². The molecule has 146 valence electrons. The number of halogens is 1. The molecule has 1 N–H and O–H groups in total. The lowest BCUT2D eigenvalue weighted by Gasteiger charge is -2.35. The van der Waals surface area contributed by atoms with Gasteiger partial charge in [-0.25, -0.2) is 0 Å². The Morgan fingerprint density at radius 3 is 2.59 bits per heavy atom. The molecule has 1 atom stereocenters. The first-order valence-corrected chi connectivity index (χ1v) is 9.90. The lowest BCUT2D eigenvalue weighted by molar-refractivity contribution is -0.124. The maximum absolute atomic E-state index is 13.3. The van der Waals surface area contributed by atoms with Crippen molar-refractivity contribution >= 4 is 35.3 Å². The van der Waals surface area contributed by atoms with Crippen LogP contribution in [-0.4, -0.2) is 32.2 Å². The van der Waals surface area contributed by atoms with Crippen LogP contribution in [-0.2, 0) is 11.3 Å². The van der Waals surface area contributed by atoms with Crippen molar-refractivity contribution in [1.29, 1.82) is 0 Å². The van der Waals surface area contributed by atoms with Gasteiger partial charge in [0.1, 0.15) is 13.2 Å². The van der Waals surface area contributed by atoms with Crippen LogP contribution in [0.5, 0.6) is 11.5 Å². The lowest BCUT2D eigenvalue weighted by Crippen LogP contribution is -2.50. The van der Waals surface area contributed by atoms with Crippen LogP contribution in [0.25, 0.3) is 0 Å². The zero-order valence-corrected chi connectivity index (χ0v) is 17.2. The average Bonchev–Trinajstić information content (AvgIpc) is 3.02. The first kappa shape index (κ1) is 20.0. The van der Waals surface area contributed by atoms with Gasteiger partial charge in [0.25, 0.3) is 0 Å². The number of benzene rings is 1. The summed E-state index contributed by atoms with van der Waals surface area (Å²) in [6.45, 7) is 7.65. The van der Waals surface area contributed by atoms with Crippen LogP contribution in [0.1, 0.15) is 16.7 Å². The number of nitrogens with one attached hydrogen (secondary N) is 1. The SMILES string of the molecule is Cc1ccc(CN(C(=O)C(C)C2CNC2)c2ccc3c(c2)OCCO3)s1.Cl. The van der Waals surface area contributed by atoms with Crippen LogP contribution >= 0.6 is 23.7 Å². The molecule has 0 aliphatic carbocycles. The van der Waals surface area contributed by atoms with Crippen molar-refractivity contribution in [2.45, 2.75) is 20.4 Å². The Morgan fingerprint density at radius 2 is 1.96 bits per heavy atom. The van der Waals surface area contributed by atoms with E-state index in [2.05, 4.69) is 24.4 Å². The molecule has 3 heterocycles. The summed E-state index contributed by atoms with van der Waals surface area (Å²) in [4.78, 5) is 17.6. The number of anilines is 1. The highest BCUT2D eigenvalue weighted by molar-refractivity contribution is 7.11. The predicted octanol–water partition coefficient (Wildman–Crippen LogP) is 3.64. The van der Waals surface area contributed by atoms with E-state index in [-0.39, 0.29) is 24.2 Å². The molecule has 27 heavy (non-hydrogen) atoms. The third-order valence-corrected chi connectivity index (χ3v) is 6.11. The van der Waals surface area contributed by atoms with Crippen LogP contribution in [0, 0.1) is 18.8 Å². The molecule has 1 amide bonds. The number of amides is 1. The van der Waals surface area contributed by atoms with Crippen molar-refractivity contribution in [1.82, 2.24) is 5.32 Å². The molecule has 1 saturated heterocycles. The van der Waals surface area contributed by atoms with Gasteiger partial charge in [0.2, 0.25) is 5.91 Å². The van der Waals surface area contributed by atoms with E-state index in [4.69, 9.17) is 9.47 Å². The normalized spacial score (nSPS) is 16.8. The van der Waals surface area contributed by atoms with Gasteiger partial charge in [-0.05, 0) is 50.2 Å². The topological polar surface area (TPSA) is 50.8 Å². The minimum Gasteiger partial charge on any atom is -0.486 e. The van der Waals surface area contributed by atoms with Crippen molar-refractivity contribution in [2.75, 3.05) is 31.2 Å². The molecule has 1 aromatic heterocycles. The first-order valence-electron chi connectivity index (χ1n) is 9.09. The van der Waals surface area contributed by atoms with Gasteiger partial charge >= 0.3 is 0 Å². The molecule has 0 radical (unpaired) electrons. The molecule has 1 unspecified atom stereocenters. The van der Waals surface area contributed by atoms with Gasteiger partial charge in [-0.1, -0.05) is 6.92 Å².